The quantitative estimate of drug-likeness (QED) is 0.549. The van der Waals surface area contributed by atoms with Gasteiger partial charge in [0.2, 0.25) is 5.60 Å². The first-order valence-corrected chi connectivity index (χ1v) is 10.4. The zero-order valence-electron chi connectivity index (χ0n) is 17.9. The maximum absolute atomic E-state index is 13.5. The summed E-state index contributed by atoms with van der Waals surface area (Å²) in [5, 5.41) is 0. The normalized spacial score (nSPS) is 28.3. The number of carbonyl (C=O) groups is 2. The molecule has 2 aliphatic heterocycles. The molecule has 2 aromatic rings. The molecular weight excluding hydrogens is 380 g/mol. The Morgan fingerprint density at radius 1 is 1.07 bits per heavy atom. The molecule has 0 amide bonds. The lowest BCUT2D eigenvalue weighted by Gasteiger charge is -2.40. The largest absolute Gasteiger partial charge is 0.497 e. The summed E-state index contributed by atoms with van der Waals surface area (Å²) in [4.78, 5) is 26.8. The lowest BCUT2D eigenvalue weighted by atomic mass is 9.78. The average Bonchev–Trinajstić information content (AvgIpc) is 3.04. The van der Waals surface area contributed by atoms with Crippen LogP contribution in [0.5, 0.6) is 5.75 Å². The molecule has 5 nitrogen and oxygen atoms in total. The molecule has 0 N–H and O–H groups in total. The molecule has 0 unspecified atom stereocenters. The zero-order valence-corrected chi connectivity index (χ0v) is 17.9. The number of Topliss-reactive ketones (excluding diaryl/α,β-unsaturated/α-hetero) is 1. The van der Waals surface area contributed by atoms with E-state index in [2.05, 4.69) is 0 Å². The molecule has 0 radical (unpaired) electrons. The van der Waals surface area contributed by atoms with E-state index in [1.807, 2.05) is 54.6 Å². The molecule has 2 bridgehead atoms. The van der Waals surface area contributed by atoms with Crippen LogP contribution in [0.25, 0.3) is 0 Å². The third-order valence-corrected chi connectivity index (χ3v) is 6.07. The van der Waals surface area contributed by atoms with Gasteiger partial charge in [0.25, 0.3) is 0 Å². The molecule has 0 aromatic heterocycles. The van der Waals surface area contributed by atoms with E-state index in [1.54, 1.807) is 27.9 Å². The van der Waals surface area contributed by atoms with Crippen LogP contribution >= 0.6 is 0 Å². The molecule has 2 saturated heterocycles. The third-order valence-electron chi connectivity index (χ3n) is 6.07. The molecule has 0 saturated carbocycles. The van der Waals surface area contributed by atoms with Crippen LogP contribution in [0.3, 0.4) is 0 Å². The van der Waals surface area contributed by atoms with Crippen LogP contribution in [-0.4, -0.2) is 30.1 Å². The lowest BCUT2D eigenvalue weighted by molar-refractivity contribution is -0.202. The fourth-order valence-corrected chi connectivity index (χ4v) is 4.70. The van der Waals surface area contributed by atoms with Gasteiger partial charge < -0.3 is 14.2 Å². The van der Waals surface area contributed by atoms with Gasteiger partial charge in [-0.15, -0.1) is 0 Å². The number of rotatable bonds is 4. The van der Waals surface area contributed by atoms with Crippen LogP contribution in [-0.2, 0) is 24.7 Å². The van der Waals surface area contributed by atoms with Crippen LogP contribution in [0.1, 0.15) is 57.1 Å². The van der Waals surface area contributed by atoms with Crippen molar-refractivity contribution in [3.05, 3.63) is 65.7 Å². The number of ether oxygens (including phenoxy) is 3. The van der Waals surface area contributed by atoms with E-state index >= 15 is 0 Å². The summed E-state index contributed by atoms with van der Waals surface area (Å²) in [5.41, 5.74) is -1.21. The second kappa shape index (κ2) is 7.24. The van der Waals surface area contributed by atoms with Gasteiger partial charge in [0, 0.05) is 12.3 Å². The fraction of sp³-hybridized carbons (Fsp3) is 0.440. The van der Waals surface area contributed by atoms with Gasteiger partial charge in [-0.3, -0.25) is 4.79 Å². The minimum absolute atomic E-state index is 0.207. The van der Waals surface area contributed by atoms with E-state index in [9.17, 15) is 9.59 Å². The predicted octanol–water partition coefficient (Wildman–Crippen LogP) is 4.54. The summed E-state index contributed by atoms with van der Waals surface area (Å²) in [7, 11) is 1.61. The Morgan fingerprint density at radius 3 is 2.33 bits per heavy atom. The molecule has 2 aliphatic rings. The minimum atomic E-state index is -1.64. The number of fused-ring (bicyclic) bond motifs is 2. The van der Waals surface area contributed by atoms with Crippen molar-refractivity contribution in [2.24, 2.45) is 0 Å². The van der Waals surface area contributed by atoms with Crippen molar-refractivity contribution in [3.63, 3.8) is 0 Å². The molecule has 2 aromatic carbocycles. The summed E-state index contributed by atoms with van der Waals surface area (Å²) >= 11 is 0. The highest BCUT2D eigenvalue weighted by atomic mass is 16.6. The van der Waals surface area contributed by atoms with Crippen LogP contribution in [0.4, 0.5) is 0 Å². The molecule has 2 fully saturated rings. The molecule has 5 heteroatoms. The molecule has 0 aliphatic carbocycles. The highest BCUT2D eigenvalue weighted by molar-refractivity contribution is 6.09. The maximum Gasteiger partial charge on any atom is 0.347 e. The van der Waals surface area contributed by atoms with Crippen molar-refractivity contribution in [2.45, 2.75) is 62.8 Å². The van der Waals surface area contributed by atoms with Crippen molar-refractivity contribution in [3.8, 4) is 5.75 Å². The van der Waals surface area contributed by atoms with Gasteiger partial charge in [0.05, 0.1) is 12.7 Å². The highest BCUT2D eigenvalue weighted by Crippen LogP contribution is 2.59. The molecule has 30 heavy (non-hydrogen) atoms. The first kappa shape index (κ1) is 20.6. The first-order chi connectivity index (χ1) is 14.2. The third kappa shape index (κ3) is 3.31. The van der Waals surface area contributed by atoms with Gasteiger partial charge >= 0.3 is 5.97 Å². The Bertz CT molecular complexity index is 944. The van der Waals surface area contributed by atoms with Crippen LogP contribution in [0, 0.1) is 0 Å². The Balaban J connectivity index is 1.84. The van der Waals surface area contributed by atoms with Gasteiger partial charge in [0.15, 0.2) is 5.78 Å². The van der Waals surface area contributed by atoms with Crippen molar-refractivity contribution in [2.75, 3.05) is 7.11 Å². The number of carbonyl (C=O) groups excluding carboxylic acids is 2. The van der Waals surface area contributed by atoms with Crippen molar-refractivity contribution >= 4 is 11.8 Å². The molecule has 3 atom stereocenters. The number of esters is 1. The van der Waals surface area contributed by atoms with Gasteiger partial charge in [-0.1, -0.05) is 42.5 Å². The molecule has 158 valence electrons. The van der Waals surface area contributed by atoms with E-state index in [-0.39, 0.29) is 12.2 Å². The van der Waals surface area contributed by atoms with E-state index in [1.165, 1.54) is 0 Å². The number of methoxy groups -OCH3 is 1. The Labute approximate surface area is 177 Å². The first-order valence-electron chi connectivity index (χ1n) is 10.4. The lowest BCUT2D eigenvalue weighted by Crippen LogP contribution is -2.56. The van der Waals surface area contributed by atoms with E-state index in [0.29, 0.717) is 12.8 Å². The summed E-state index contributed by atoms with van der Waals surface area (Å²) in [6.07, 6.45) is 1.36. The SMILES string of the molecule is COc1ccc([C@@H]2C[C@@]3(c4ccccc4)CCC(=O)[C@]2(C(=O)OC(C)(C)C)O3)cc1. The second-order valence-electron chi connectivity index (χ2n) is 9.15. The van der Waals surface area contributed by atoms with Crippen molar-refractivity contribution < 1.29 is 23.8 Å². The summed E-state index contributed by atoms with van der Waals surface area (Å²) in [6.45, 7) is 5.41. The van der Waals surface area contributed by atoms with Gasteiger partial charge in [-0.2, -0.15) is 0 Å². The summed E-state index contributed by atoms with van der Waals surface area (Å²) < 4.78 is 17.6. The van der Waals surface area contributed by atoms with Crippen LogP contribution in [0.2, 0.25) is 0 Å². The Hall–Kier alpha value is -2.66. The second-order valence-corrected chi connectivity index (χ2v) is 9.15. The Kier molecular flexibility index (Phi) is 4.97. The van der Waals surface area contributed by atoms with Crippen LogP contribution in [0.15, 0.2) is 54.6 Å². The molecule has 4 rings (SSSR count). The number of hydrogen-bond acceptors (Lipinski definition) is 5. The number of benzene rings is 2. The monoisotopic (exact) mass is 408 g/mol. The highest BCUT2D eigenvalue weighted by Gasteiger charge is 2.68. The molecular formula is C25H28O5. The van der Waals surface area contributed by atoms with Crippen molar-refractivity contribution in [1.29, 1.82) is 0 Å². The van der Waals surface area contributed by atoms with E-state index in [0.717, 1.165) is 16.9 Å². The number of hydrogen-bond donors (Lipinski definition) is 0. The van der Waals surface area contributed by atoms with Crippen molar-refractivity contribution in [1.82, 2.24) is 0 Å². The van der Waals surface area contributed by atoms with Gasteiger partial charge in [-0.25, -0.2) is 4.79 Å². The molecule has 2 heterocycles. The molecule has 0 spiro atoms. The van der Waals surface area contributed by atoms with Crippen LogP contribution < -0.4 is 4.74 Å². The minimum Gasteiger partial charge on any atom is -0.497 e. The topological polar surface area (TPSA) is 61.8 Å². The summed E-state index contributed by atoms with van der Waals surface area (Å²) in [6, 6.07) is 17.4. The summed E-state index contributed by atoms with van der Waals surface area (Å²) in [5.74, 6) is -0.524. The smallest absolute Gasteiger partial charge is 0.347 e. The number of ketones is 1. The maximum atomic E-state index is 13.5. The van der Waals surface area contributed by atoms with E-state index < -0.39 is 28.7 Å². The standard InChI is InChI=1S/C25H28O5/c1-23(2,3)29-22(27)25-20(17-10-12-19(28-4)13-11-17)16-24(30-25,15-14-21(25)26)18-8-6-5-7-9-18/h5-13,20H,14-16H2,1-4H3/t20-,24+,25+/m0/s1. The predicted molar refractivity (Wildman–Crippen MR) is 112 cm³/mol. The Morgan fingerprint density at radius 2 is 1.73 bits per heavy atom. The zero-order chi connectivity index (χ0) is 21.6. The van der Waals surface area contributed by atoms with Gasteiger partial charge in [-0.05, 0) is 56.9 Å². The fourth-order valence-electron chi connectivity index (χ4n) is 4.70. The average molecular weight is 408 g/mol. The van der Waals surface area contributed by atoms with E-state index in [4.69, 9.17) is 14.2 Å². The van der Waals surface area contributed by atoms with Gasteiger partial charge in [0.1, 0.15) is 11.4 Å².